The fraction of sp³-hybridized carbons (Fsp3) is 0.579. The first kappa shape index (κ1) is 22.3. The molecule has 2 amide bonds. The molecule has 1 aliphatic rings. The minimum atomic E-state index is -3.73. The average Bonchev–Trinajstić information content (AvgIpc) is 2.68. The predicted octanol–water partition coefficient (Wildman–Crippen LogP) is 0.908. The van der Waals surface area contributed by atoms with Crippen LogP contribution in [0.4, 0.5) is 0 Å². The van der Waals surface area contributed by atoms with Gasteiger partial charge < -0.3 is 15.0 Å². The second-order valence-corrected chi connectivity index (χ2v) is 8.62. The van der Waals surface area contributed by atoms with E-state index in [0.29, 0.717) is 30.8 Å². The van der Waals surface area contributed by atoms with Crippen molar-refractivity contribution in [2.45, 2.75) is 31.6 Å². The van der Waals surface area contributed by atoms with Gasteiger partial charge in [0, 0.05) is 38.9 Å². The lowest BCUT2D eigenvalue weighted by atomic mass is 9.96. The van der Waals surface area contributed by atoms with Gasteiger partial charge in [-0.1, -0.05) is 6.07 Å². The number of hydrogen-bond donors (Lipinski definition) is 2. The molecule has 1 heterocycles. The molecule has 1 atom stereocenters. The Morgan fingerprint density at radius 1 is 1.32 bits per heavy atom. The largest absolute Gasteiger partial charge is 0.383 e. The van der Waals surface area contributed by atoms with E-state index in [0.717, 1.165) is 12.8 Å². The summed E-state index contributed by atoms with van der Waals surface area (Å²) in [4.78, 5) is 26.9. The van der Waals surface area contributed by atoms with Crippen LogP contribution in [0.3, 0.4) is 0 Å². The van der Waals surface area contributed by atoms with Crippen molar-refractivity contribution < 1.29 is 22.7 Å². The summed E-state index contributed by atoms with van der Waals surface area (Å²) in [6.07, 6.45) is 1.48. The van der Waals surface area contributed by atoms with E-state index >= 15 is 0 Å². The highest BCUT2D eigenvalue weighted by molar-refractivity contribution is 7.89. The van der Waals surface area contributed by atoms with Gasteiger partial charge in [-0.15, -0.1) is 0 Å². The lowest BCUT2D eigenvalue weighted by molar-refractivity contribution is -0.126. The highest BCUT2D eigenvalue weighted by atomic mass is 32.2. The maximum Gasteiger partial charge on any atom is 0.254 e. The lowest BCUT2D eigenvalue weighted by Gasteiger charge is -2.32. The van der Waals surface area contributed by atoms with Gasteiger partial charge in [-0.05, 0) is 44.4 Å². The van der Waals surface area contributed by atoms with E-state index in [1.54, 1.807) is 17.9 Å². The number of aryl methyl sites for hydroxylation is 1. The van der Waals surface area contributed by atoms with Crippen LogP contribution in [0.5, 0.6) is 0 Å². The number of nitrogens with one attached hydrogen (secondary N) is 2. The van der Waals surface area contributed by atoms with E-state index in [4.69, 9.17) is 4.74 Å². The zero-order chi connectivity index (χ0) is 20.7. The Balaban J connectivity index is 2.20. The summed E-state index contributed by atoms with van der Waals surface area (Å²) in [6, 6.07) is 4.51. The number of carbonyl (C=O) groups is 2. The fourth-order valence-corrected chi connectivity index (χ4v) is 4.26. The third kappa shape index (κ3) is 5.52. The smallest absolute Gasteiger partial charge is 0.254 e. The molecule has 1 aromatic carbocycles. The monoisotopic (exact) mass is 411 g/mol. The van der Waals surface area contributed by atoms with Crippen LogP contribution in [0.2, 0.25) is 0 Å². The minimum absolute atomic E-state index is 0.0369. The number of amides is 2. The van der Waals surface area contributed by atoms with E-state index in [1.165, 1.54) is 19.2 Å². The molecular formula is C19H29N3O5S. The van der Waals surface area contributed by atoms with Crippen LogP contribution in [0.1, 0.15) is 35.7 Å². The van der Waals surface area contributed by atoms with Crippen LogP contribution in [0, 0.1) is 12.8 Å². The molecule has 0 bridgehead atoms. The Morgan fingerprint density at radius 2 is 2.07 bits per heavy atom. The number of hydrogen-bond acceptors (Lipinski definition) is 5. The molecule has 9 heteroatoms. The van der Waals surface area contributed by atoms with Gasteiger partial charge in [0.2, 0.25) is 15.9 Å². The second-order valence-electron chi connectivity index (χ2n) is 6.85. The molecule has 1 unspecified atom stereocenters. The van der Waals surface area contributed by atoms with Gasteiger partial charge in [0.1, 0.15) is 0 Å². The van der Waals surface area contributed by atoms with E-state index < -0.39 is 10.0 Å². The Labute approximate surface area is 166 Å². The number of rotatable bonds is 8. The molecule has 2 N–H and O–H groups in total. The van der Waals surface area contributed by atoms with Gasteiger partial charge in [-0.2, -0.15) is 0 Å². The van der Waals surface area contributed by atoms with E-state index in [9.17, 15) is 18.0 Å². The molecule has 1 aliphatic heterocycles. The number of ether oxygens (including phenoxy) is 1. The Hall–Kier alpha value is -1.97. The Bertz CT molecular complexity index is 810. The summed E-state index contributed by atoms with van der Waals surface area (Å²) in [7, 11) is -2.24. The number of methoxy groups -OCH3 is 1. The van der Waals surface area contributed by atoms with Crippen molar-refractivity contribution in [1.82, 2.24) is 14.9 Å². The summed E-state index contributed by atoms with van der Waals surface area (Å²) in [5.74, 6) is -0.531. The number of carbonyl (C=O) groups excluding carboxylic acids is 2. The second kappa shape index (κ2) is 9.99. The summed E-state index contributed by atoms with van der Waals surface area (Å²) in [6.45, 7) is 5.48. The lowest BCUT2D eigenvalue weighted by Crippen LogP contribution is -2.45. The molecule has 28 heavy (non-hydrogen) atoms. The van der Waals surface area contributed by atoms with Crippen LogP contribution in [0.15, 0.2) is 23.1 Å². The fourth-order valence-electron chi connectivity index (χ4n) is 3.22. The molecular weight excluding hydrogens is 382 g/mol. The SMILES string of the molecule is CCNC(=O)C1CCCN(C(=O)c2cc(S(=O)(=O)NCCOC)ccc2C)C1. The number of piperidine rings is 1. The van der Waals surface area contributed by atoms with Crippen molar-refractivity contribution in [3.8, 4) is 0 Å². The summed E-state index contributed by atoms with van der Waals surface area (Å²) < 4.78 is 32.2. The number of nitrogens with zero attached hydrogens (tertiary/aromatic N) is 1. The maximum atomic E-state index is 13.0. The van der Waals surface area contributed by atoms with Gasteiger partial charge in [0.05, 0.1) is 17.4 Å². The first-order valence-electron chi connectivity index (χ1n) is 9.46. The molecule has 0 radical (unpaired) electrons. The molecule has 156 valence electrons. The molecule has 2 rings (SSSR count). The molecule has 1 aromatic rings. The van der Waals surface area contributed by atoms with Gasteiger partial charge >= 0.3 is 0 Å². The predicted molar refractivity (Wildman–Crippen MR) is 106 cm³/mol. The molecule has 0 aromatic heterocycles. The normalized spacial score (nSPS) is 17.4. The van der Waals surface area contributed by atoms with Crippen molar-refractivity contribution >= 4 is 21.8 Å². The topological polar surface area (TPSA) is 105 Å². The van der Waals surface area contributed by atoms with Gasteiger partial charge in [-0.3, -0.25) is 9.59 Å². The third-order valence-corrected chi connectivity index (χ3v) is 6.24. The van der Waals surface area contributed by atoms with E-state index in [2.05, 4.69) is 10.0 Å². The minimum Gasteiger partial charge on any atom is -0.383 e. The maximum absolute atomic E-state index is 13.0. The highest BCUT2D eigenvalue weighted by Crippen LogP contribution is 2.22. The number of benzene rings is 1. The zero-order valence-corrected chi connectivity index (χ0v) is 17.5. The van der Waals surface area contributed by atoms with E-state index in [-0.39, 0.29) is 35.8 Å². The van der Waals surface area contributed by atoms with Crippen molar-refractivity contribution in [3.05, 3.63) is 29.3 Å². The molecule has 0 saturated carbocycles. The first-order chi connectivity index (χ1) is 13.3. The Morgan fingerprint density at radius 3 is 2.75 bits per heavy atom. The van der Waals surface area contributed by atoms with Crippen molar-refractivity contribution in [2.24, 2.45) is 5.92 Å². The first-order valence-corrected chi connectivity index (χ1v) is 10.9. The van der Waals surface area contributed by atoms with Gasteiger partial charge in [0.25, 0.3) is 5.91 Å². The summed E-state index contributed by atoms with van der Waals surface area (Å²) >= 11 is 0. The standard InChI is InChI=1S/C19H29N3O5S/c1-4-20-18(23)15-6-5-10-22(13-15)19(24)17-12-16(8-7-14(17)2)28(25,26)21-9-11-27-3/h7-8,12,15,21H,4-6,9-11,13H2,1-3H3,(H,20,23). The summed E-state index contributed by atoms with van der Waals surface area (Å²) in [5, 5.41) is 2.80. The van der Waals surface area contributed by atoms with Crippen LogP contribution in [-0.2, 0) is 19.6 Å². The van der Waals surface area contributed by atoms with Crippen molar-refractivity contribution in [1.29, 1.82) is 0 Å². The van der Waals surface area contributed by atoms with Crippen molar-refractivity contribution in [2.75, 3.05) is 39.9 Å². The molecule has 8 nitrogen and oxygen atoms in total. The van der Waals surface area contributed by atoms with Crippen LogP contribution < -0.4 is 10.0 Å². The summed E-state index contributed by atoms with van der Waals surface area (Å²) in [5.41, 5.74) is 1.03. The van der Waals surface area contributed by atoms with E-state index in [1.807, 2.05) is 6.92 Å². The van der Waals surface area contributed by atoms with Crippen LogP contribution in [0.25, 0.3) is 0 Å². The van der Waals surface area contributed by atoms with Gasteiger partial charge in [-0.25, -0.2) is 13.1 Å². The third-order valence-electron chi connectivity index (χ3n) is 4.78. The molecule has 0 spiro atoms. The van der Waals surface area contributed by atoms with Crippen LogP contribution in [-0.4, -0.2) is 65.0 Å². The number of sulfonamides is 1. The Kier molecular flexibility index (Phi) is 7.97. The van der Waals surface area contributed by atoms with Crippen LogP contribution >= 0.6 is 0 Å². The molecule has 0 aliphatic carbocycles. The van der Waals surface area contributed by atoms with Crippen molar-refractivity contribution in [3.63, 3.8) is 0 Å². The average molecular weight is 412 g/mol. The molecule has 1 saturated heterocycles. The highest BCUT2D eigenvalue weighted by Gasteiger charge is 2.29. The zero-order valence-electron chi connectivity index (χ0n) is 16.7. The van der Waals surface area contributed by atoms with Gasteiger partial charge in [0.15, 0.2) is 0 Å². The molecule has 1 fully saturated rings. The number of likely N-dealkylation sites (tertiary alicyclic amines) is 1. The quantitative estimate of drug-likeness (QED) is 0.619.